The fraction of sp³-hybridized carbons (Fsp3) is 0.369. The van der Waals surface area contributed by atoms with Gasteiger partial charge in [-0.05, 0) is 121 Å². The zero-order chi connectivity index (χ0) is 72.5. The average molecular weight is 1480 g/mol. The van der Waals surface area contributed by atoms with Crippen LogP contribution in [0, 0.1) is 0 Å². The van der Waals surface area contributed by atoms with Gasteiger partial charge >= 0.3 is 0 Å². The number of carbonyl (C=O) groups excluding carboxylic acids is 4. The summed E-state index contributed by atoms with van der Waals surface area (Å²) >= 11 is 3.59. The number of methoxy groups -OCH3 is 2. The Bertz CT molecular complexity index is 4240. The number of nitrogens with zero attached hydrogens (tertiary/aromatic N) is 13. The van der Waals surface area contributed by atoms with Crippen LogP contribution in [-0.2, 0) is 48.9 Å². The summed E-state index contributed by atoms with van der Waals surface area (Å²) < 4.78 is 89.1. The Labute approximate surface area is 596 Å². The van der Waals surface area contributed by atoms with Crippen molar-refractivity contribution in [3.05, 3.63) is 93.7 Å². The molecule has 5 heterocycles. The number of ether oxygens (including phenoxy) is 4. The second-order valence-corrected chi connectivity index (χ2v) is 28.2. The van der Waals surface area contributed by atoms with Crippen LogP contribution in [0.25, 0.3) is 12.2 Å². The molecule has 0 radical (unpaired) electrons. The van der Waals surface area contributed by atoms with Crippen LogP contribution in [0.1, 0.15) is 71.1 Å². The van der Waals surface area contributed by atoms with Crippen molar-refractivity contribution in [2.75, 3.05) is 140 Å². The van der Waals surface area contributed by atoms with Crippen LogP contribution >= 0.6 is 34.4 Å². The van der Waals surface area contributed by atoms with Crippen LogP contribution in [0.5, 0.6) is 11.5 Å². The summed E-state index contributed by atoms with van der Waals surface area (Å²) in [6.07, 6.45) is 4.61. The Kier molecular flexibility index (Phi) is 26.1. The quantitative estimate of drug-likeness (QED) is 0.00434. The molecule has 101 heavy (non-hydrogen) atoms. The second-order valence-electron chi connectivity index (χ2n) is 22.2. The summed E-state index contributed by atoms with van der Waals surface area (Å²) in [6, 6.07) is 16.8. The molecule has 31 nitrogen and oxygen atoms in total. The first kappa shape index (κ1) is 75.8. The minimum Gasteiger partial charge on any atom is -0.494 e. The van der Waals surface area contributed by atoms with Crippen LogP contribution in [0.4, 0.5) is 79.3 Å². The third kappa shape index (κ3) is 19.8. The van der Waals surface area contributed by atoms with Crippen LogP contribution < -0.4 is 50.3 Å². The Morgan fingerprint density at radius 1 is 0.584 bits per heavy atom. The van der Waals surface area contributed by atoms with E-state index in [0.717, 1.165) is 71.2 Å². The van der Waals surface area contributed by atoms with Crippen molar-refractivity contribution in [2.45, 2.75) is 76.3 Å². The van der Waals surface area contributed by atoms with Gasteiger partial charge in [-0.2, -0.15) is 41.8 Å². The summed E-state index contributed by atoms with van der Waals surface area (Å²) in [5, 5.41) is 31.7. The lowest BCUT2D eigenvalue weighted by molar-refractivity contribution is -0.120. The zero-order valence-corrected chi connectivity index (χ0v) is 60.9. The van der Waals surface area contributed by atoms with Crippen molar-refractivity contribution in [1.82, 2.24) is 24.9 Å². The predicted octanol–water partition coefficient (Wildman–Crippen LogP) is 12.1. The number of aromatic nitrogens is 5. The summed E-state index contributed by atoms with van der Waals surface area (Å²) in [5.74, 6) is 0.0159. The number of rotatable bonds is 32. The smallest absolute Gasteiger partial charge is 0.294 e. The van der Waals surface area contributed by atoms with E-state index in [1.807, 2.05) is 49.6 Å². The van der Waals surface area contributed by atoms with Crippen LogP contribution in [0.15, 0.2) is 119 Å². The number of azo groups is 2. The molecule has 0 unspecified atom stereocenters. The summed E-state index contributed by atoms with van der Waals surface area (Å²) in [5.41, 5.74) is 2.69. The Morgan fingerprint density at radius 2 is 0.970 bits per heavy atom. The van der Waals surface area contributed by atoms with Crippen molar-refractivity contribution in [3.8, 4) is 11.5 Å². The number of anilines is 10. The Balaban J connectivity index is 1.10. The maximum absolute atomic E-state index is 13.8. The summed E-state index contributed by atoms with van der Waals surface area (Å²) in [6.45, 7) is 18.4. The molecule has 2 fully saturated rings. The molecule has 3 aromatic heterocycles. The fourth-order valence-corrected chi connectivity index (χ4v) is 13.9. The fourth-order valence-electron chi connectivity index (χ4n) is 10.3. The molecule has 9 rings (SSSR count). The van der Waals surface area contributed by atoms with Gasteiger partial charge in [-0.25, -0.2) is 0 Å². The lowest BCUT2D eigenvalue weighted by Gasteiger charge is -2.27. The third-order valence-corrected chi connectivity index (χ3v) is 20.0. The molecular formula is C65H77N17O14S5. The first-order chi connectivity index (χ1) is 48.4. The normalized spacial score (nSPS) is 13.9. The van der Waals surface area contributed by atoms with E-state index in [1.165, 1.54) is 62.0 Å². The first-order valence-corrected chi connectivity index (χ1v) is 37.5. The summed E-state index contributed by atoms with van der Waals surface area (Å²) in [7, 11) is -5.90. The number of unbranched alkanes of at least 4 members (excludes halogenated alkanes) is 1. The number of thioether (sulfide) groups is 1. The minimum absolute atomic E-state index is 0.114. The molecule has 7 aromatic rings. The van der Waals surface area contributed by atoms with Crippen LogP contribution in [-0.4, -0.2) is 173 Å². The highest BCUT2D eigenvalue weighted by Crippen LogP contribution is 2.45. The molecule has 0 saturated carbocycles. The van der Waals surface area contributed by atoms with Gasteiger partial charge in [0.05, 0.1) is 94.1 Å². The van der Waals surface area contributed by atoms with E-state index in [9.17, 15) is 45.1 Å². The van der Waals surface area contributed by atoms with Crippen molar-refractivity contribution >= 4 is 169 Å². The highest BCUT2D eigenvalue weighted by Gasteiger charge is 2.27. The Hall–Kier alpha value is -9.40. The highest BCUT2D eigenvalue weighted by atomic mass is 32.2. The van der Waals surface area contributed by atoms with Crippen molar-refractivity contribution in [3.63, 3.8) is 0 Å². The number of benzene rings is 4. The van der Waals surface area contributed by atoms with Crippen LogP contribution in [0.2, 0.25) is 0 Å². The van der Waals surface area contributed by atoms with Gasteiger partial charge < -0.3 is 59.8 Å². The van der Waals surface area contributed by atoms with E-state index in [2.05, 4.69) is 48.2 Å². The van der Waals surface area contributed by atoms with Crippen molar-refractivity contribution in [2.24, 2.45) is 20.5 Å². The number of thiazole rings is 2. The maximum Gasteiger partial charge on any atom is 0.294 e. The number of hydrogen-bond donors (Lipinski definition) is 6. The van der Waals surface area contributed by atoms with E-state index >= 15 is 0 Å². The molecule has 2 amide bonds. The zero-order valence-electron chi connectivity index (χ0n) is 56.8. The largest absolute Gasteiger partial charge is 0.494 e. The number of carbonyl (C=O) groups is 4. The SMILES string of the molecule is CCCCSc1nc(Nc2cc(N(CC)CC)c(OC)cc2/N=N/c2nc(N3CCOCC3)c(/C=C(/C(C)=O)C(=O)Nc3ccc(S(=O)(=O)O)cc3)s2)nc(Nc2cc(N(CC)CC)c(OC)cc2/N=N/c2nc(N3CCOCC3)c(/C=C(\C(C)=O)C(=O)Nc3ccc(S(=O)(=O)O)cc3)s2)n1. The monoisotopic (exact) mass is 1480 g/mol. The first-order valence-electron chi connectivity index (χ1n) is 32.0. The molecule has 0 bridgehead atoms. The standard InChI is InChI=1S/C65H77N17O14S5/c1-10-15-32-97-63-73-61(68-47-35-51(79(11-2)12-3)53(93-8)37-49(47)75-77-64-70-57(81-24-28-95-29-25-81)55(98-64)33-45(39(6)83)59(85)66-41-16-20-43(21-17-41)100(87,88)89)72-62(74-63)69-48-36-52(80(13-4)14-5)54(94-9)38-50(48)76-78-65-71-58(82-26-30-96-31-27-82)56(99-65)34-46(40(7)84)60(86)67-42-18-22-44(23-19-42)101(90,91)92/h16-23,33-38H,10-15,24-32H2,1-9H3,(H,66,85)(H,67,86)(H,87,88,89)(H,90,91,92)(H2,68,69,72,73,74)/b45-33-,46-34+,77-75+,78-76+. The number of hydrogen-bond acceptors (Lipinski definition) is 30. The number of ketones is 2. The van der Waals surface area contributed by atoms with Gasteiger partial charge in [-0.1, -0.05) is 47.8 Å². The maximum atomic E-state index is 13.8. The molecule has 0 aliphatic carbocycles. The number of morpholine rings is 2. The lowest BCUT2D eigenvalue weighted by atomic mass is 10.1. The second kappa shape index (κ2) is 34.8. The molecule has 2 saturated heterocycles. The van der Waals surface area contributed by atoms with Crippen molar-refractivity contribution in [1.29, 1.82) is 0 Å². The predicted molar refractivity (Wildman–Crippen MR) is 391 cm³/mol. The van der Waals surface area contributed by atoms with Crippen LogP contribution in [0.3, 0.4) is 0 Å². The molecule has 6 N–H and O–H groups in total. The topological polar surface area (TPSA) is 389 Å². The highest BCUT2D eigenvalue weighted by molar-refractivity contribution is 7.99. The van der Waals surface area contributed by atoms with Gasteiger partial charge in [0.1, 0.15) is 34.5 Å². The molecule has 536 valence electrons. The Morgan fingerprint density at radius 3 is 1.31 bits per heavy atom. The molecule has 0 spiro atoms. The van der Waals surface area contributed by atoms with Gasteiger partial charge in [-0.3, -0.25) is 28.3 Å². The number of Topliss-reactive ketones (excluding diaryl/α,β-unsaturated/α-hetero) is 2. The third-order valence-electron chi connectivity index (χ3n) is 15.6. The molecular weight excluding hydrogens is 1400 g/mol. The van der Waals surface area contributed by atoms with E-state index in [1.54, 1.807) is 26.4 Å². The minimum atomic E-state index is -4.50. The molecule has 2 aliphatic rings. The van der Waals surface area contributed by atoms with E-state index in [-0.39, 0.29) is 65.8 Å². The van der Waals surface area contributed by atoms with E-state index in [0.29, 0.717) is 134 Å². The molecule has 4 aromatic carbocycles. The van der Waals surface area contributed by atoms with Gasteiger partial charge in [-0.15, -0.1) is 20.5 Å². The number of nitrogens with one attached hydrogen (secondary N) is 4. The average Bonchev–Trinajstić information content (AvgIpc) is 1.76. The molecule has 0 atom stereocenters. The van der Waals surface area contributed by atoms with E-state index < -0.39 is 43.6 Å². The van der Waals surface area contributed by atoms with Gasteiger partial charge in [0, 0.05) is 81.6 Å². The molecule has 2 aliphatic heterocycles. The molecule has 36 heteroatoms. The van der Waals surface area contributed by atoms with Gasteiger partial charge in [0.15, 0.2) is 16.7 Å². The van der Waals surface area contributed by atoms with Gasteiger partial charge in [0.2, 0.25) is 22.2 Å². The summed E-state index contributed by atoms with van der Waals surface area (Å²) in [4.78, 5) is 86.9. The van der Waals surface area contributed by atoms with Gasteiger partial charge in [0.25, 0.3) is 32.1 Å². The number of amides is 2. The van der Waals surface area contributed by atoms with E-state index in [4.69, 9.17) is 54.1 Å². The lowest BCUT2D eigenvalue weighted by Crippen LogP contribution is -2.36. The van der Waals surface area contributed by atoms with Crippen molar-refractivity contribution < 1.29 is 64.1 Å².